The van der Waals surface area contributed by atoms with Crippen LogP contribution in [0.15, 0.2) is 97.2 Å². The average Bonchev–Trinajstić information content (AvgIpc) is 3.39. The molecule has 0 aromatic carbocycles. The van der Waals surface area contributed by atoms with E-state index in [9.17, 15) is 30.3 Å². The van der Waals surface area contributed by atoms with E-state index in [-0.39, 0.29) is 18.9 Å². The van der Waals surface area contributed by atoms with E-state index in [0.29, 0.717) is 6.42 Å². The Balaban J connectivity index is 2.25. The van der Waals surface area contributed by atoms with Crippen LogP contribution < -0.4 is 5.32 Å². The molecule has 1 heterocycles. The predicted octanol–water partition coefficient (Wildman–Crippen LogP) is 15.2. The van der Waals surface area contributed by atoms with Crippen molar-refractivity contribution in [3.8, 4) is 0 Å². The molecule has 9 nitrogen and oxygen atoms in total. The lowest BCUT2D eigenvalue weighted by atomic mass is 9.99. The summed E-state index contributed by atoms with van der Waals surface area (Å²) in [5.41, 5.74) is 0. The van der Waals surface area contributed by atoms with Gasteiger partial charge in [-0.05, 0) is 89.9 Å². The van der Waals surface area contributed by atoms with Crippen LogP contribution >= 0.6 is 0 Å². The van der Waals surface area contributed by atoms with Gasteiger partial charge in [-0.3, -0.25) is 4.79 Å². The first-order valence-electron chi connectivity index (χ1n) is 30.0. The van der Waals surface area contributed by atoms with Crippen LogP contribution in [0.5, 0.6) is 0 Å². The van der Waals surface area contributed by atoms with Crippen molar-refractivity contribution in [2.75, 3.05) is 13.2 Å². The van der Waals surface area contributed by atoms with E-state index in [0.717, 1.165) is 83.5 Å². The zero-order valence-electron chi connectivity index (χ0n) is 46.6. The summed E-state index contributed by atoms with van der Waals surface area (Å²) in [6.07, 6.45) is 69.2. The summed E-state index contributed by atoms with van der Waals surface area (Å²) < 4.78 is 11.2. The quantitative estimate of drug-likeness (QED) is 0.0261. The number of amides is 1. The predicted molar refractivity (Wildman–Crippen MR) is 308 cm³/mol. The fraction of sp³-hybridized carbons (Fsp3) is 0.734. The molecule has 6 N–H and O–H groups in total. The summed E-state index contributed by atoms with van der Waals surface area (Å²) in [4.78, 5) is 13.0. The standard InChI is InChI=1S/C64H111NO8/c1-3-5-7-9-11-13-15-17-19-21-23-24-25-26-27-28-29-30-31-32-33-34-36-37-39-41-43-45-47-49-51-53-58(67)57(56-72-64-63(71)62(70)61(69)59(55-66)73-64)65-60(68)54-52-50-48-46-44-42-40-38-35-22-20-18-16-14-12-10-8-6-4-2/h6,8,12,14,18,20,35-38,42-45,51,53,57-59,61-64,66-67,69-71H,3-5,7,9-11,13,15-17,19,21-34,39-41,46-50,52,54-56H2,1-2H3,(H,65,68)/b8-6-,14-12-,20-18-,37-36+,38-35-,44-42-,45-43+,53-51+. The number of ether oxygens (including phenoxy) is 2. The van der Waals surface area contributed by atoms with Gasteiger partial charge in [0.15, 0.2) is 6.29 Å². The van der Waals surface area contributed by atoms with Crippen molar-refractivity contribution < 1.29 is 39.8 Å². The molecule has 0 aromatic heterocycles. The van der Waals surface area contributed by atoms with E-state index in [1.165, 1.54) is 135 Å². The van der Waals surface area contributed by atoms with Crippen LogP contribution in [-0.2, 0) is 14.3 Å². The molecule has 0 aliphatic carbocycles. The van der Waals surface area contributed by atoms with Gasteiger partial charge in [-0.2, -0.15) is 0 Å². The third-order valence-corrected chi connectivity index (χ3v) is 13.6. The summed E-state index contributed by atoms with van der Waals surface area (Å²) in [6.45, 7) is 3.63. The van der Waals surface area contributed by atoms with Gasteiger partial charge in [-0.25, -0.2) is 0 Å². The zero-order valence-corrected chi connectivity index (χ0v) is 46.6. The number of carbonyl (C=O) groups excluding carboxylic acids is 1. The van der Waals surface area contributed by atoms with Crippen LogP contribution in [0.1, 0.15) is 245 Å². The lowest BCUT2D eigenvalue weighted by Crippen LogP contribution is -2.60. The lowest BCUT2D eigenvalue weighted by Gasteiger charge is -2.40. The fourth-order valence-electron chi connectivity index (χ4n) is 8.92. The first-order valence-corrected chi connectivity index (χ1v) is 30.0. The molecule has 1 fully saturated rings. The van der Waals surface area contributed by atoms with E-state index < -0.39 is 49.5 Å². The van der Waals surface area contributed by atoms with Crippen molar-refractivity contribution in [2.24, 2.45) is 0 Å². The van der Waals surface area contributed by atoms with Gasteiger partial charge in [-0.1, -0.05) is 246 Å². The van der Waals surface area contributed by atoms with Gasteiger partial charge < -0.3 is 40.3 Å². The minimum Gasteiger partial charge on any atom is -0.394 e. The number of aliphatic hydroxyl groups is 5. The number of hydrogen-bond acceptors (Lipinski definition) is 8. The molecule has 0 radical (unpaired) electrons. The van der Waals surface area contributed by atoms with Gasteiger partial charge in [0, 0.05) is 6.42 Å². The number of unbranched alkanes of at least 4 members (excludes halogenated alkanes) is 26. The number of aliphatic hydroxyl groups excluding tert-OH is 5. The van der Waals surface area contributed by atoms with E-state index in [1.807, 2.05) is 6.08 Å². The minimum absolute atomic E-state index is 0.224. The van der Waals surface area contributed by atoms with Crippen molar-refractivity contribution in [3.63, 3.8) is 0 Å². The summed E-state index contributed by atoms with van der Waals surface area (Å²) in [6, 6.07) is -0.853. The van der Waals surface area contributed by atoms with Crippen LogP contribution in [0, 0.1) is 0 Å². The van der Waals surface area contributed by atoms with Gasteiger partial charge >= 0.3 is 0 Å². The number of allylic oxidation sites excluding steroid dienone is 15. The second-order valence-corrected chi connectivity index (χ2v) is 20.4. The van der Waals surface area contributed by atoms with Crippen LogP contribution in [-0.4, -0.2) is 87.5 Å². The van der Waals surface area contributed by atoms with Crippen molar-refractivity contribution >= 4 is 5.91 Å². The molecule has 7 unspecified atom stereocenters. The molecular formula is C64H111NO8. The molecule has 0 aromatic rings. The van der Waals surface area contributed by atoms with E-state index in [2.05, 4.69) is 104 Å². The second kappa shape index (κ2) is 52.5. The average molecular weight is 1020 g/mol. The summed E-state index contributed by atoms with van der Waals surface area (Å²) in [5, 5.41) is 54.5. The highest BCUT2D eigenvalue weighted by atomic mass is 16.7. The molecule has 1 amide bonds. The molecule has 1 aliphatic rings. The molecular weight excluding hydrogens is 911 g/mol. The fourth-order valence-corrected chi connectivity index (χ4v) is 8.92. The van der Waals surface area contributed by atoms with E-state index in [1.54, 1.807) is 6.08 Å². The summed E-state index contributed by atoms with van der Waals surface area (Å²) >= 11 is 0. The van der Waals surface area contributed by atoms with Gasteiger partial charge in [0.2, 0.25) is 5.91 Å². The number of carbonyl (C=O) groups is 1. The first kappa shape index (κ1) is 68.1. The maximum atomic E-state index is 13.0. The molecule has 0 saturated carbocycles. The molecule has 73 heavy (non-hydrogen) atoms. The monoisotopic (exact) mass is 1020 g/mol. The van der Waals surface area contributed by atoms with Gasteiger partial charge in [0.1, 0.15) is 24.4 Å². The second-order valence-electron chi connectivity index (χ2n) is 20.4. The highest BCUT2D eigenvalue weighted by Crippen LogP contribution is 2.23. The molecule has 1 saturated heterocycles. The first-order chi connectivity index (χ1) is 35.8. The molecule has 0 spiro atoms. The SMILES string of the molecule is CC/C=C\C/C=C\C/C=C\C/C=C\C/C=C\CCCCCC(=O)NC(COC1OC(CO)C(O)C(O)C1O)C(O)/C=C/CC/C=C/CC/C=C/CCCCCCCCCCCCCCCCCCCCCCC. The Morgan fingerprint density at radius 3 is 1.32 bits per heavy atom. The van der Waals surface area contributed by atoms with E-state index in [4.69, 9.17) is 9.47 Å². The highest BCUT2D eigenvalue weighted by Gasteiger charge is 2.44. The lowest BCUT2D eigenvalue weighted by molar-refractivity contribution is -0.302. The Kier molecular flexibility index (Phi) is 49.0. The van der Waals surface area contributed by atoms with Crippen LogP contribution in [0.2, 0.25) is 0 Å². The number of rotatable bonds is 50. The molecule has 1 aliphatic heterocycles. The molecule has 420 valence electrons. The van der Waals surface area contributed by atoms with Crippen LogP contribution in [0.4, 0.5) is 0 Å². The summed E-state index contributed by atoms with van der Waals surface area (Å²) in [7, 11) is 0. The zero-order chi connectivity index (χ0) is 52.9. The smallest absolute Gasteiger partial charge is 0.220 e. The third-order valence-electron chi connectivity index (χ3n) is 13.6. The Morgan fingerprint density at radius 1 is 0.479 bits per heavy atom. The molecule has 1 rings (SSSR count). The van der Waals surface area contributed by atoms with Crippen molar-refractivity contribution in [1.29, 1.82) is 0 Å². The van der Waals surface area contributed by atoms with Crippen molar-refractivity contribution in [2.45, 2.75) is 288 Å². The number of hydrogen-bond donors (Lipinski definition) is 6. The van der Waals surface area contributed by atoms with Gasteiger partial charge in [-0.15, -0.1) is 0 Å². The Labute approximate surface area is 447 Å². The maximum absolute atomic E-state index is 13.0. The number of nitrogens with one attached hydrogen (secondary N) is 1. The topological polar surface area (TPSA) is 149 Å². The summed E-state index contributed by atoms with van der Waals surface area (Å²) in [5.74, 6) is -0.224. The largest absolute Gasteiger partial charge is 0.394 e. The Hall–Kier alpha value is -2.89. The van der Waals surface area contributed by atoms with Crippen LogP contribution in [0.3, 0.4) is 0 Å². The van der Waals surface area contributed by atoms with Gasteiger partial charge in [0.05, 0.1) is 25.4 Å². The van der Waals surface area contributed by atoms with Crippen molar-refractivity contribution in [1.82, 2.24) is 5.32 Å². The highest BCUT2D eigenvalue weighted by molar-refractivity contribution is 5.76. The maximum Gasteiger partial charge on any atom is 0.220 e. The molecule has 7 atom stereocenters. The third kappa shape index (κ3) is 42.0. The van der Waals surface area contributed by atoms with Gasteiger partial charge in [0.25, 0.3) is 0 Å². The van der Waals surface area contributed by atoms with E-state index >= 15 is 0 Å². The minimum atomic E-state index is -1.59. The molecule has 9 heteroatoms. The Morgan fingerprint density at radius 2 is 0.863 bits per heavy atom. The normalized spacial score (nSPS) is 19.8. The molecule has 0 bridgehead atoms. The van der Waals surface area contributed by atoms with Crippen LogP contribution in [0.25, 0.3) is 0 Å². The van der Waals surface area contributed by atoms with Crippen molar-refractivity contribution in [3.05, 3.63) is 97.2 Å². The Bertz CT molecular complexity index is 1460.